The van der Waals surface area contributed by atoms with Crippen LogP contribution in [-0.2, 0) is 4.74 Å². The summed E-state index contributed by atoms with van der Waals surface area (Å²) < 4.78 is 5.52. The summed E-state index contributed by atoms with van der Waals surface area (Å²) >= 11 is 0. The molecule has 0 radical (unpaired) electrons. The zero-order chi connectivity index (χ0) is 15.9. The minimum Gasteiger partial charge on any atom is -0.444 e. The van der Waals surface area contributed by atoms with Gasteiger partial charge >= 0.3 is 6.09 Å². The molecule has 0 bridgehead atoms. The molecule has 0 spiro atoms. The van der Waals surface area contributed by atoms with Crippen molar-refractivity contribution >= 4 is 6.09 Å². The molecule has 0 saturated carbocycles. The second-order valence-electron chi connectivity index (χ2n) is 7.18. The van der Waals surface area contributed by atoms with Crippen molar-refractivity contribution in [1.29, 1.82) is 0 Å². The molecule has 1 fully saturated rings. The number of nitrogens with one attached hydrogen (secondary N) is 1. The van der Waals surface area contributed by atoms with E-state index < -0.39 is 5.60 Å². The van der Waals surface area contributed by atoms with Crippen LogP contribution in [0, 0.1) is 0 Å². The molecule has 1 heterocycles. The number of amides is 1. The van der Waals surface area contributed by atoms with Crippen molar-refractivity contribution in [1.82, 2.24) is 10.2 Å². The predicted molar refractivity (Wildman–Crippen MR) is 87.6 cm³/mol. The normalized spacial score (nSPS) is 21.8. The molecule has 2 atom stereocenters. The van der Waals surface area contributed by atoms with Gasteiger partial charge in [-0.25, -0.2) is 4.79 Å². The zero-order valence-electron chi connectivity index (χ0n) is 14.6. The topological polar surface area (TPSA) is 41.6 Å². The molecule has 1 aliphatic heterocycles. The van der Waals surface area contributed by atoms with Crippen LogP contribution in [0.5, 0.6) is 0 Å². The van der Waals surface area contributed by atoms with Crippen molar-refractivity contribution in [2.24, 2.45) is 0 Å². The van der Waals surface area contributed by atoms with E-state index in [-0.39, 0.29) is 6.09 Å². The van der Waals surface area contributed by atoms with Gasteiger partial charge in [-0.2, -0.15) is 0 Å². The van der Waals surface area contributed by atoms with Crippen molar-refractivity contribution < 1.29 is 9.53 Å². The molecule has 4 heteroatoms. The Morgan fingerprint density at radius 1 is 1.33 bits per heavy atom. The van der Waals surface area contributed by atoms with Crippen LogP contribution in [0.3, 0.4) is 0 Å². The summed E-state index contributed by atoms with van der Waals surface area (Å²) in [5.74, 6) is 0. The van der Waals surface area contributed by atoms with Crippen molar-refractivity contribution in [3.63, 3.8) is 0 Å². The maximum absolute atomic E-state index is 12.3. The summed E-state index contributed by atoms with van der Waals surface area (Å²) in [6.07, 6.45) is 6.80. The van der Waals surface area contributed by atoms with Crippen LogP contribution in [0.4, 0.5) is 4.79 Å². The van der Waals surface area contributed by atoms with Crippen molar-refractivity contribution in [2.75, 3.05) is 13.1 Å². The Labute approximate surface area is 130 Å². The number of carbonyl (C=O) groups excluding carboxylic acids is 1. The van der Waals surface area contributed by atoms with Gasteiger partial charge in [-0.05, 0) is 46.5 Å². The third-order valence-electron chi connectivity index (χ3n) is 3.92. The van der Waals surface area contributed by atoms with Gasteiger partial charge in [0.1, 0.15) is 5.60 Å². The lowest BCUT2D eigenvalue weighted by Gasteiger charge is -2.30. The Morgan fingerprint density at radius 2 is 2.05 bits per heavy atom. The van der Waals surface area contributed by atoms with Crippen LogP contribution >= 0.6 is 0 Å². The second-order valence-corrected chi connectivity index (χ2v) is 7.18. The fourth-order valence-corrected chi connectivity index (χ4v) is 2.86. The average Bonchev–Trinajstić information content (AvgIpc) is 2.62. The van der Waals surface area contributed by atoms with Crippen LogP contribution in [-0.4, -0.2) is 41.8 Å². The fraction of sp³-hybridized carbons (Fsp3) is 0.941. The van der Waals surface area contributed by atoms with E-state index in [0.717, 1.165) is 32.4 Å². The average molecular weight is 298 g/mol. The Balaban J connectivity index is 2.57. The van der Waals surface area contributed by atoms with Crippen molar-refractivity contribution in [3.05, 3.63) is 0 Å². The summed E-state index contributed by atoms with van der Waals surface area (Å²) in [5, 5.41) is 3.74. The lowest BCUT2D eigenvalue weighted by molar-refractivity contribution is 0.0241. The minimum atomic E-state index is -0.416. The molecule has 0 aromatic heterocycles. The zero-order valence-corrected chi connectivity index (χ0v) is 14.6. The van der Waals surface area contributed by atoms with Gasteiger partial charge in [-0.1, -0.05) is 26.7 Å². The van der Waals surface area contributed by atoms with Gasteiger partial charge in [-0.15, -0.1) is 0 Å². The molecule has 4 nitrogen and oxygen atoms in total. The lowest BCUT2D eigenvalue weighted by atomic mass is 10.1. The van der Waals surface area contributed by atoms with Crippen molar-refractivity contribution in [3.8, 4) is 0 Å². The van der Waals surface area contributed by atoms with Crippen molar-refractivity contribution in [2.45, 2.75) is 90.8 Å². The van der Waals surface area contributed by atoms with E-state index in [1.54, 1.807) is 0 Å². The minimum absolute atomic E-state index is 0.167. The highest BCUT2D eigenvalue weighted by Crippen LogP contribution is 2.16. The van der Waals surface area contributed by atoms with E-state index in [1.807, 2.05) is 25.7 Å². The fourth-order valence-electron chi connectivity index (χ4n) is 2.86. The standard InChI is InChI=1S/C17H34N2O2/c1-6-10-14(7-2)18-15-11-8-9-12-19(13-15)16(20)21-17(3,4)5/h14-15,18H,6-13H2,1-5H3. The Morgan fingerprint density at radius 3 is 2.62 bits per heavy atom. The highest BCUT2D eigenvalue weighted by Gasteiger charge is 2.27. The van der Waals surface area contributed by atoms with E-state index in [0.29, 0.717) is 12.1 Å². The quantitative estimate of drug-likeness (QED) is 0.835. The second kappa shape index (κ2) is 8.62. The van der Waals surface area contributed by atoms with E-state index in [4.69, 9.17) is 4.74 Å². The number of hydrogen-bond donors (Lipinski definition) is 1. The van der Waals surface area contributed by atoms with Gasteiger partial charge in [-0.3, -0.25) is 0 Å². The molecule has 21 heavy (non-hydrogen) atoms. The molecule has 0 aromatic carbocycles. The summed E-state index contributed by atoms with van der Waals surface area (Å²) in [5.41, 5.74) is -0.416. The molecule has 1 amide bonds. The summed E-state index contributed by atoms with van der Waals surface area (Å²) in [6, 6.07) is 0.968. The maximum atomic E-state index is 12.3. The first-order valence-electron chi connectivity index (χ1n) is 8.59. The van der Waals surface area contributed by atoms with Gasteiger partial charge in [0.25, 0.3) is 0 Å². The van der Waals surface area contributed by atoms with Crippen LogP contribution in [0.25, 0.3) is 0 Å². The monoisotopic (exact) mass is 298 g/mol. The first-order valence-corrected chi connectivity index (χ1v) is 8.59. The number of likely N-dealkylation sites (tertiary alicyclic amines) is 1. The number of rotatable bonds is 5. The molecule has 0 aromatic rings. The third kappa shape index (κ3) is 7.16. The molecule has 2 unspecified atom stereocenters. The van der Waals surface area contributed by atoms with Gasteiger partial charge in [0, 0.05) is 25.2 Å². The largest absolute Gasteiger partial charge is 0.444 e. The summed E-state index contributed by atoms with van der Waals surface area (Å²) in [7, 11) is 0. The number of hydrogen-bond acceptors (Lipinski definition) is 3. The molecular formula is C17H34N2O2. The van der Waals surface area contributed by atoms with Crippen LogP contribution in [0.1, 0.15) is 73.1 Å². The number of ether oxygens (including phenoxy) is 1. The Hall–Kier alpha value is -0.770. The lowest BCUT2D eigenvalue weighted by Crippen LogP contribution is -2.47. The van der Waals surface area contributed by atoms with E-state index in [9.17, 15) is 4.79 Å². The maximum Gasteiger partial charge on any atom is 0.410 e. The highest BCUT2D eigenvalue weighted by atomic mass is 16.6. The van der Waals surface area contributed by atoms with Gasteiger partial charge in [0.05, 0.1) is 0 Å². The number of carbonyl (C=O) groups is 1. The summed E-state index contributed by atoms with van der Waals surface area (Å²) in [4.78, 5) is 14.2. The van der Waals surface area contributed by atoms with Crippen LogP contribution in [0.2, 0.25) is 0 Å². The van der Waals surface area contributed by atoms with E-state index >= 15 is 0 Å². The predicted octanol–water partition coefficient (Wildman–Crippen LogP) is 3.94. The van der Waals surface area contributed by atoms with Gasteiger partial charge < -0.3 is 15.0 Å². The molecule has 1 aliphatic rings. The number of nitrogens with zero attached hydrogens (tertiary/aromatic N) is 1. The first kappa shape index (κ1) is 18.3. The first-order chi connectivity index (χ1) is 9.85. The van der Waals surface area contributed by atoms with E-state index in [2.05, 4.69) is 19.2 Å². The Bertz CT molecular complexity index is 312. The molecule has 0 aliphatic carbocycles. The SMILES string of the molecule is CCCC(CC)NC1CCCCN(C(=O)OC(C)(C)C)C1. The molecule has 1 saturated heterocycles. The van der Waals surface area contributed by atoms with Crippen LogP contribution < -0.4 is 5.32 Å². The highest BCUT2D eigenvalue weighted by molar-refractivity contribution is 5.68. The molecule has 1 N–H and O–H groups in total. The van der Waals surface area contributed by atoms with Gasteiger partial charge in [0.2, 0.25) is 0 Å². The summed E-state index contributed by atoms with van der Waals surface area (Å²) in [6.45, 7) is 11.8. The molecular weight excluding hydrogens is 264 g/mol. The smallest absolute Gasteiger partial charge is 0.410 e. The molecule has 1 rings (SSSR count). The van der Waals surface area contributed by atoms with E-state index in [1.165, 1.54) is 19.3 Å². The van der Waals surface area contributed by atoms with Gasteiger partial charge in [0.15, 0.2) is 0 Å². The molecule has 124 valence electrons. The third-order valence-corrected chi connectivity index (χ3v) is 3.92. The Kier molecular flexibility index (Phi) is 7.50. The van der Waals surface area contributed by atoms with Crippen LogP contribution in [0.15, 0.2) is 0 Å².